The molecule has 2 aliphatic rings. The molecule has 5 atom stereocenters. The lowest BCUT2D eigenvalue weighted by Crippen LogP contribution is -2.57. The lowest BCUT2D eigenvalue weighted by atomic mass is 9.47. The van der Waals surface area contributed by atoms with Gasteiger partial charge in [-0.05, 0) is 48.3 Å². The molecule has 0 spiro atoms. The smallest absolute Gasteiger partial charge is 0.293 e. The molecule has 5 rings (SSSR count). The molecule has 2 heterocycles. The maximum atomic E-state index is 13.6. The minimum Gasteiger partial charge on any atom is -0.459 e. The van der Waals surface area contributed by atoms with Crippen molar-refractivity contribution < 1.29 is 24.2 Å². The number of aliphatic hydroxyl groups excluding tert-OH is 2. The summed E-state index contributed by atoms with van der Waals surface area (Å²) in [5.41, 5.74) is 0.830. The van der Waals surface area contributed by atoms with Gasteiger partial charge in [0, 0.05) is 36.2 Å². The van der Waals surface area contributed by atoms with Crippen molar-refractivity contribution in [3.05, 3.63) is 70.6 Å². The lowest BCUT2D eigenvalue weighted by Gasteiger charge is -2.58. The number of benzene rings is 1. The van der Waals surface area contributed by atoms with E-state index in [-0.39, 0.29) is 47.9 Å². The molecule has 0 saturated heterocycles. The average molecular weight is 538 g/mol. The van der Waals surface area contributed by atoms with Crippen LogP contribution in [0.3, 0.4) is 0 Å². The predicted octanol–water partition coefficient (Wildman–Crippen LogP) is 4.45. The number of carbonyl (C=O) groups excluding carboxylic acids is 2. The van der Waals surface area contributed by atoms with Gasteiger partial charge in [0.2, 0.25) is 5.91 Å². The standard InChI is InChI=1S/C29H35N3O5S/c1-28-12-11-23(34)29(2,17-33)22(28)15-21-25(30-27(38-21)31-26(36)20-10-7-13-37-20)19(28)14-24(35)32(3)16-18-8-5-4-6-9-18/h4-10,13,19,22-23,33-34H,11-12,14-17H2,1-3H3,(H,30,31,36)/t19-,22+,23-,28+,29+/m1/s1. The Bertz CT molecular complexity index is 1290. The first-order valence-electron chi connectivity index (χ1n) is 13.1. The van der Waals surface area contributed by atoms with E-state index in [2.05, 4.69) is 12.2 Å². The summed E-state index contributed by atoms with van der Waals surface area (Å²) < 4.78 is 5.22. The van der Waals surface area contributed by atoms with E-state index < -0.39 is 11.5 Å². The number of hydrogen-bond acceptors (Lipinski definition) is 7. The maximum absolute atomic E-state index is 13.6. The number of hydrogen-bond donors (Lipinski definition) is 3. The van der Waals surface area contributed by atoms with Crippen molar-refractivity contribution >= 4 is 28.3 Å². The number of nitrogens with zero attached hydrogens (tertiary/aromatic N) is 2. The predicted molar refractivity (Wildman–Crippen MR) is 145 cm³/mol. The largest absolute Gasteiger partial charge is 0.459 e. The van der Waals surface area contributed by atoms with Gasteiger partial charge >= 0.3 is 0 Å². The molecule has 0 bridgehead atoms. The highest BCUT2D eigenvalue weighted by Crippen LogP contribution is 2.62. The van der Waals surface area contributed by atoms with Gasteiger partial charge in [0.1, 0.15) is 0 Å². The minimum absolute atomic E-state index is 0.0117. The molecule has 8 nitrogen and oxygen atoms in total. The Morgan fingerprint density at radius 3 is 2.66 bits per heavy atom. The number of amides is 2. The highest BCUT2D eigenvalue weighted by atomic mass is 32.1. The van der Waals surface area contributed by atoms with Crippen LogP contribution in [0.2, 0.25) is 0 Å². The molecule has 0 aliphatic heterocycles. The summed E-state index contributed by atoms with van der Waals surface area (Å²) in [6.45, 7) is 4.50. The van der Waals surface area contributed by atoms with Crippen LogP contribution in [0.5, 0.6) is 0 Å². The minimum atomic E-state index is -0.705. The first kappa shape index (κ1) is 26.6. The monoisotopic (exact) mass is 537 g/mol. The lowest BCUT2D eigenvalue weighted by molar-refractivity contribution is -0.147. The molecule has 3 aromatic rings. The van der Waals surface area contributed by atoms with Gasteiger partial charge in [-0.25, -0.2) is 4.98 Å². The third kappa shape index (κ3) is 4.67. The molecule has 38 heavy (non-hydrogen) atoms. The number of aliphatic hydroxyl groups is 2. The summed E-state index contributed by atoms with van der Waals surface area (Å²) in [6, 6.07) is 13.1. The normalized spacial score (nSPS) is 28.3. The number of carbonyl (C=O) groups is 2. The molecule has 1 aromatic carbocycles. The summed E-state index contributed by atoms with van der Waals surface area (Å²) in [5.74, 6) is -0.439. The van der Waals surface area contributed by atoms with E-state index >= 15 is 0 Å². The van der Waals surface area contributed by atoms with Crippen molar-refractivity contribution in [3.63, 3.8) is 0 Å². The topological polar surface area (TPSA) is 116 Å². The van der Waals surface area contributed by atoms with Crippen molar-refractivity contribution in [2.24, 2.45) is 16.7 Å². The van der Waals surface area contributed by atoms with Crippen molar-refractivity contribution in [2.75, 3.05) is 19.0 Å². The summed E-state index contributed by atoms with van der Waals surface area (Å²) in [4.78, 5) is 33.8. The fraction of sp³-hybridized carbons (Fsp3) is 0.483. The number of fused-ring (bicyclic) bond motifs is 2. The van der Waals surface area contributed by atoms with E-state index in [9.17, 15) is 19.8 Å². The van der Waals surface area contributed by atoms with E-state index in [1.807, 2.05) is 44.3 Å². The quantitative estimate of drug-likeness (QED) is 0.410. The molecule has 0 radical (unpaired) electrons. The van der Waals surface area contributed by atoms with Crippen molar-refractivity contribution in [2.45, 2.75) is 58.1 Å². The van der Waals surface area contributed by atoms with Gasteiger partial charge in [0.15, 0.2) is 10.9 Å². The highest BCUT2D eigenvalue weighted by Gasteiger charge is 2.59. The number of furan rings is 1. The zero-order chi connectivity index (χ0) is 27.1. The molecule has 2 aromatic heterocycles. The SMILES string of the molecule is CN(Cc1ccccc1)C(=O)C[C@@H]1c2nc(NC(=O)c3ccco3)sc2C[C@@H]2[C@](C)(CO)[C@H](O)CC[C@]21C. The van der Waals surface area contributed by atoms with Gasteiger partial charge in [0.25, 0.3) is 5.91 Å². The molecule has 2 aliphatic carbocycles. The summed E-state index contributed by atoms with van der Waals surface area (Å²) in [7, 11) is 1.82. The van der Waals surface area contributed by atoms with E-state index in [0.29, 0.717) is 24.5 Å². The summed E-state index contributed by atoms with van der Waals surface area (Å²) in [5, 5.41) is 24.7. The molecule has 2 amide bonds. The fourth-order valence-corrected chi connectivity index (χ4v) is 7.61. The van der Waals surface area contributed by atoms with Gasteiger partial charge in [-0.3, -0.25) is 14.9 Å². The first-order chi connectivity index (χ1) is 18.2. The molecular formula is C29H35N3O5S. The molecule has 9 heteroatoms. The van der Waals surface area contributed by atoms with Crippen LogP contribution in [0.1, 0.15) is 65.7 Å². The number of rotatable bonds is 7. The Morgan fingerprint density at radius 2 is 1.97 bits per heavy atom. The van der Waals surface area contributed by atoms with E-state index in [1.54, 1.807) is 17.0 Å². The van der Waals surface area contributed by atoms with Crippen molar-refractivity contribution in [1.29, 1.82) is 0 Å². The second-order valence-corrected chi connectivity index (χ2v) is 12.3. The van der Waals surface area contributed by atoms with Crippen LogP contribution in [0, 0.1) is 16.7 Å². The van der Waals surface area contributed by atoms with Crippen LogP contribution in [-0.4, -0.2) is 51.7 Å². The first-order valence-corrected chi connectivity index (χ1v) is 13.9. The zero-order valence-corrected chi connectivity index (χ0v) is 22.8. The highest BCUT2D eigenvalue weighted by molar-refractivity contribution is 7.15. The Morgan fingerprint density at radius 1 is 1.21 bits per heavy atom. The second-order valence-electron chi connectivity index (χ2n) is 11.2. The number of aromatic nitrogens is 1. The number of thiazole rings is 1. The molecule has 0 unspecified atom stereocenters. The number of nitrogens with one attached hydrogen (secondary N) is 1. The molecule has 3 N–H and O–H groups in total. The third-order valence-electron chi connectivity index (χ3n) is 8.93. The molecule has 202 valence electrons. The van der Waals surface area contributed by atoms with E-state index in [1.165, 1.54) is 17.6 Å². The van der Waals surface area contributed by atoms with Gasteiger partial charge in [-0.2, -0.15) is 0 Å². The Balaban J connectivity index is 1.48. The van der Waals surface area contributed by atoms with Crippen LogP contribution in [-0.2, 0) is 17.8 Å². The Labute approximate surface area is 226 Å². The van der Waals surface area contributed by atoms with E-state index in [4.69, 9.17) is 9.40 Å². The Hall–Kier alpha value is -3.01. The molecular weight excluding hydrogens is 502 g/mol. The maximum Gasteiger partial charge on any atom is 0.293 e. The summed E-state index contributed by atoms with van der Waals surface area (Å²) in [6.07, 6.45) is 2.97. The summed E-state index contributed by atoms with van der Waals surface area (Å²) >= 11 is 1.40. The van der Waals surface area contributed by atoms with Gasteiger partial charge in [-0.1, -0.05) is 44.2 Å². The van der Waals surface area contributed by atoms with Crippen LogP contribution >= 0.6 is 11.3 Å². The van der Waals surface area contributed by atoms with Crippen molar-refractivity contribution in [3.8, 4) is 0 Å². The molecule has 1 fully saturated rings. The van der Waals surface area contributed by atoms with Crippen LogP contribution in [0.25, 0.3) is 0 Å². The van der Waals surface area contributed by atoms with Crippen LogP contribution < -0.4 is 5.32 Å². The van der Waals surface area contributed by atoms with Gasteiger partial charge < -0.3 is 19.5 Å². The third-order valence-corrected chi connectivity index (χ3v) is 9.94. The number of anilines is 1. The zero-order valence-electron chi connectivity index (χ0n) is 22.0. The Kier molecular flexibility index (Phi) is 7.19. The average Bonchev–Trinajstić information content (AvgIpc) is 3.58. The second kappa shape index (κ2) is 10.3. The van der Waals surface area contributed by atoms with Crippen LogP contribution in [0.4, 0.5) is 5.13 Å². The van der Waals surface area contributed by atoms with Crippen LogP contribution in [0.15, 0.2) is 53.1 Å². The fourth-order valence-electron chi connectivity index (χ4n) is 6.54. The van der Waals surface area contributed by atoms with E-state index in [0.717, 1.165) is 22.6 Å². The molecule has 1 saturated carbocycles. The van der Waals surface area contributed by atoms with Crippen molar-refractivity contribution in [1.82, 2.24) is 9.88 Å². The van der Waals surface area contributed by atoms with Gasteiger partial charge in [0.05, 0.1) is 24.7 Å². The van der Waals surface area contributed by atoms with Gasteiger partial charge in [-0.15, -0.1) is 11.3 Å².